The van der Waals surface area contributed by atoms with Crippen LogP contribution in [0.5, 0.6) is 0 Å². The van der Waals surface area contributed by atoms with E-state index in [0.717, 1.165) is 12.8 Å². The van der Waals surface area contributed by atoms with Gasteiger partial charge in [0, 0.05) is 26.1 Å². The molecule has 1 unspecified atom stereocenters. The van der Waals surface area contributed by atoms with Gasteiger partial charge in [-0.2, -0.15) is 0 Å². The van der Waals surface area contributed by atoms with Crippen LogP contribution in [-0.4, -0.2) is 59.1 Å². The Labute approximate surface area is 150 Å². The number of aromatic nitrogens is 4. The van der Waals surface area contributed by atoms with Gasteiger partial charge in [-0.15, -0.1) is 16.4 Å². The lowest BCUT2D eigenvalue weighted by Crippen LogP contribution is -2.43. The second kappa shape index (κ2) is 8.02. The van der Waals surface area contributed by atoms with Gasteiger partial charge in [0.15, 0.2) is 0 Å². The molecule has 1 fully saturated rings. The molecule has 2 aromatic rings. The van der Waals surface area contributed by atoms with Crippen LogP contribution >= 0.6 is 11.3 Å². The molecular weight excluding hydrogens is 364 g/mol. The van der Waals surface area contributed by atoms with Crippen LogP contribution in [0.4, 0.5) is 0 Å². The minimum Gasteiger partial charge on any atom is -0.342 e. The molecule has 1 atom stereocenters. The van der Waals surface area contributed by atoms with Crippen molar-refractivity contribution in [3.63, 3.8) is 0 Å². The number of carbonyl (C=O) groups is 1. The Morgan fingerprint density at radius 3 is 3.04 bits per heavy atom. The van der Waals surface area contributed by atoms with Crippen molar-refractivity contribution >= 4 is 27.3 Å². The van der Waals surface area contributed by atoms with Crippen molar-refractivity contribution in [1.29, 1.82) is 0 Å². The molecule has 0 radical (unpaired) electrons. The smallest absolute Gasteiger partial charge is 0.250 e. The van der Waals surface area contributed by atoms with Crippen molar-refractivity contribution in [3.05, 3.63) is 23.8 Å². The van der Waals surface area contributed by atoms with Gasteiger partial charge in [0.25, 0.3) is 0 Å². The van der Waals surface area contributed by atoms with Crippen LogP contribution in [0.1, 0.15) is 19.3 Å². The molecule has 0 saturated carbocycles. The van der Waals surface area contributed by atoms with Crippen molar-refractivity contribution in [2.45, 2.75) is 30.0 Å². The lowest BCUT2D eigenvalue weighted by atomic mass is 9.98. The average molecular weight is 384 g/mol. The Morgan fingerprint density at radius 1 is 1.44 bits per heavy atom. The van der Waals surface area contributed by atoms with Gasteiger partial charge < -0.3 is 4.90 Å². The maximum atomic E-state index is 12.3. The van der Waals surface area contributed by atoms with Crippen LogP contribution in [0.15, 0.2) is 28.0 Å². The number of likely N-dealkylation sites (tertiary alicyclic amines) is 1. The number of thiophene rings is 1. The van der Waals surface area contributed by atoms with Crippen molar-refractivity contribution in [1.82, 2.24) is 29.8 Å². The second-order valence-corrected chi connectivity index (χ2v) is 8.90. The first-order valence-corrected chi connectivity index (χ1v) is 10.4. The number of nitrogens with one attached hydrogen (secondary N) is 1. The summed E-state index contributed by atoms with van der Waals surface area (Å²) in [4.78, 5) is 14.1. The molecular formula is C14H20N6O3S2. The summed E-state index contributed by atoms with van der Waals surface area (Å²) in [5.41, 5.74) is 0. The average Bonchev–Trinajstić information content (AvgIpc) is 3.32. The summed E-state index contributed by atoms with van der Waals surface area (Å²) >= 11 is 1.19. The van der Waals surface area contributed by atoms with E-state index in [1.165, 1.54) is 22.3 Å². The third kappa shape index (κ3) is 4.83. The lowest BCUT2D eigenvalue weighted by Gasteiger charge is -2.32. The largest absolute Gasteiger partial charge is 0.342 e. The predicted molar refractivity (Wildman–Crippen MR) is 91.2 cm³/mol. The van der Waals surface area contributed by atoms with Crippen molar-refractivity contribution < 1.29 is 13.2 Å². The number of nitrogens with zero attached hydrogens (tertiary/aromatic N) is 5. The Kier molecular flexibility index (Phi) is 5.76. The molecule has 1 saturated heterocycles. The zero-order valence-corrected chi connectivity index (χ0v) is 15.2. The van der Waals surface area contributed by atoms with Gasteiger partial charge in [0.1, 0.15) is 10.5 Å². The number of aryl methyl sites for hydroxylation is 1. The molecule has 1 aliphatic heterocycles. The summed E-state index contributed by atoms with van der Waals surface area (Å²) in [6, 6.07) is 3.30. The van der Waals surface area contributed by atoms with Gasteiger partial charge in [-0.1, -0.05) is 6.07 Å². The number of piperidine rings is 1. The Hall–Kier alpha value is -1.85. The molecule has 2 aromatic heterocycles. The molecule has 1 amide bonds. The highest BCUT2D eigenvalue weighted by atomic mass is 32.2. The predicted octanol–water partition coefficient (Wildman–Crippen LogP) is 0.342. The molecule has 1 aliphatic rings. The van der Waals surface area contributed by atoms with E-state index in [4.69, 9.17) is 0 Å². The van der Waals surface area contributed by atoms with Crippen LogP contribution in [-0.2, 0) is 21.4 Å². The molecule has 0 bridgehead atoms. The van der Waals surface area contributed by atoms with Crippen LogP contribution < -0.4 is 4.72 Å². The number of tetrazole rings is 1. The summed E-state index contributed by atoms with van der Waals surface area (Å²) in [5.74, 6) is 0.168. The van der Waals surface area contributed by atoms with E-state index in [1.54, 1.807) is 22.4 Å². The van der Waals surface area contributed by atoms with Crippen LogP contribution in [0.3, 0.4) is 0 Å². The number of rotatable bonds is 7. The number of hydrogen-bond acceptors (Lipinski definition) is 7. The summed E-state index contributed by atoms with van der Waals surface area (Å²) in [6.45, 7) is 2.07. The fourth-order valence-electron chi connectivity index (χ4n) is 2.82. The summed E-state index contributed by atoms with van der Waals surface area (Å²) < 4.78 is 28.9. The normalized spacial score (nSPS) is 18.4. The van der Waals surface area contributed by atoms with Crippen LogP contribution in [0.25, 0.3) is 0 Å². The number of hydrogen-bond donors (Lipinski definition) is 1. The van der Waals surface area contributed by atoms with Gasteiger partial charge in [-0.3, -0.25) is 4.79 Å². The van der Waals surface area contributed by atoms with Gasteiger partial charge in [0.2, 0.25) is 15.9 Å². The fraction of sp³-hybridized carbons (Fsp3) is 0.571. The van der Waals surface area contributed by atoms with E-state index >= 15 is 0 Å². The SMILES string of the molecule is O=C(CCn1cnnn1)N1CCCC(CNS(=O)(=O)c2cccs2)C1. The summed E-state index contributed by atoms with van der Waals surface area (Å²) in [5, 5.41) is 12.5. The van der Waals surface area contributed by atoms with E-state index in [1.807, 2.05) is 0 Å². The maximum Gasteiger partial charge on any atom is 0.250 e. The minimum atomic E-state index is -3.45. The zero-order valence-electron chi connectivity index (χ0n) is 13.6. The Balaban J connectivity index is 1.48. The van der Waals surface area contributed by atoms with E-state index in [0.29, 0.717) is 36.8 Å². The van der Waals surface area contributed by atoms with E-state index in [9.17, 15) is 13.2 Å². The molecule has 136 valence electrons. The third-order valence-corrected chi connectivity index (χ3v) is 6.96. The van der Waals surface area contributed by atoms with Gasteiger partial charge in [0.05, 0.1) is 6.54 Å². The third-order valence-electron chi connectivity index (χ3n) is 4.14. The van der Waals surface area contributed by atoms with Crippen LogP contribution in [0.2, 0.25) is 0 Å². The summed E-state index contributed by atoms with van der Waals surface area (Å²) in [6.07, 6.45) is 3.59. The second-order valence-electron chi connectivity index (χ2n) is 5.95. The number of amides is 1. The lowest BCUT2D eigenvalue weighted by molar-refractivity contribution is -0.133. The van der Waals surface area contributed by atoms with Crippen LogP contribution in [0, 0.1) is 5.92 Å². The molecule has 11 heteroatoms. The first kappa shape index (κ1) is 18.0. The van der Waals surface area contributed by atoms with Crippen molar-refractivity contribution in [2.75, 3.05) is 19.6 Å². The van der Waals surface area contributed by atoms with Gasteiger partial charge in [-0.05, 0) is 40.6 Å². The molecule has 0 aliphatic carbocycles. The number of sulfonamides is 1. The highest BCUT2D eigenvalue weighted by Crippen LogP contribution is 2.19. The van der Waals surface area contributed by atoms with E-state index in [-0.39, 0.29) is 11.8 Å². The quantitative estimate of drug-likeness (QED) is 0.737. The zero-order chi connectivity index (χ0) is 17.7. The van der Waals surface area contributed by atoms with E-state index in [2.05, 4.69) is 20.2 Å². The molecule has 3 heterocycles. The minimum absolute atomic E-state index is 0.0429. The molecule has 9 nitrogen and oxygen atoms in total. The molecule has 0 spiro atoms. The first-order chi connectivity index (χ1) is 12.0. The Morgan fingerprint density at radius 2 is 2.32 bits per heavy atom. The monoisotopic (exact) mass is 384 g/mol. The van der Waals surface area contributed by atoms with E-state index < -0.39 is 10.0 Å². The highest BCUT2D eigenvalue weighted by Gasteiger charge is 2.25. The standard InChI is InChI=1S/C14H20N6O3S2/c21-13(5-7-20-11-15-17-18-20)19-6-1-3-12(10-19)9-16-25(22,23)14-4-2-8-24-14/h2,4,8,11-12,16H,1,3,5-7,9-10H2. The summed E-state index contributed by atoms with van der Waals surface area (Å²) in [7, 11) is -3.45. The molecule has 0 aromatic carbocycles. The fourth-order valence-corrected chi connectivity index (χ4v) is 4.98. The highest BCUT2D eigenvalue weighted by molar-refractivity contribution is 7.91. The first-order valence-electron chi connectivity index (χ1n) is 8.06. The van der Waals surface area contributed by atoms with Crippen molar-refractivity contribution in [2.24, 2.45) is 5.92 Å². The number of carbonyl (C=O) groups excluding carboxylic acids is 1. The van der Waals surface area contributed by atoms with Gasteiger partial charge >= 0.3 is 0 Å². The van der Waals surface area contributed by atoms with Gasteiger partial charge in [-0.25, -0.2) is 17.8 Å². The van der Waals surface area contributed by atoms with Crippen molar-refractivity contribution in [3.8, 4) is 0 Å². The molecule has 3 rings (SSSR count). The molecule has 1 N–H and O–H groups in total. The topological polar surface area (TPSA) is 110 Å². The maximum absolute atomic E-state index is 12.3. The Bertz CT molecular complexity index is 776. The molecule has 25 heavy (non-hydrogen) atoms.